The van der Waals surface area contributed by atoms with E-state index in [-0.39, 0.29) is 11.3 Å². The monoisotopic (exact) mass is 402 g/mol. The van der Waals surface area contributed by atoms with Crippen LogP contribution in [0.3, 0.4) is 0 Å². The molecule has 0 N–H and O–H groups in total. The van der Waals surface area contributed by atoms with Crippen molar-refractivity contribution in [3.05, 3.63) is 88.8 Å². The van der Waals surface area contributed by atoms with Gasteiger partial charge in [0.15, 0.2) is 6.23 Å². The summed E-state index contributed by atoms with van der Waals surface area (Å²) in [6.45, 7) is 0. The highest BCUT2D eigenvalue weighted by molar-refractivity contribution is 6.03. The fourth-order valence-electron chi connectivity index (χ4n) is 3.79. The molecule has 30 heavy (non-hydrogen) atoms. The molecule has 2 aromatic rings. The van der Waals surface area contributed by atoms with E-state index in [1.165, 1.54) is 19.1 Å². The summed E-state index contributed by atoms with van der Waals surface area (Å²) in [7, 11) is 2.40. The van der Waals surface area contributed by atoms with Crippen molar-refractivity contribution in [2.75, 3.05) is 14.2 Å². The van der Waals surface area contributed by atoms with Crippen molar-refractivity contribution < 1.29 is 23.8 Å². The number of benzene rings is 2. The minimum absolute atomic E-state index is 0.100. The minimum atomic E-state index is -1.88. The normalized spacial score (nSPS) is 21.9. The molecule has 2 heterocycles. The zero-order chi connectivity index (χ0) is 21.3. The third-order valence-electron chi connectivity index (χ3n) is 5.17. The Morgan fingerprint density at radius 2 is 1.70 bits per heavy atom. The maximum absolute atomic E-state index is 12.9. The average molecular weight is 402 g/mol. The molecule has 2 aliphatic heterocycles. The van der Waals surface area contributed by atoms with E-state index in [2.05, 4.69) is 6.07 Å². The summed E-state index contributed by atoms with van der Waals surface area (Å²) in [5.41, 5.74) is -0.175. The van der Waals surface area contributed by atoms with Crippen LogP contribution >= 0.6 is 0 Å². The standard InChI is InChI=1S/C23H18N2O5/c1-28-21(26)18-19(22(27)29-2)25-13-12-15-8-6-7-11-17(15)20(25)30-23(18,14-24)16-9-4-3-5-10-16/h3-13,20H,1-2H3/t20-,23+/m1/s1. The molecule has 0 saturated heterocycles. The predicted octanol–water partition coefficient (Wildman–Crippen LogP) is 3.02. The third-order valence-corrected chi connectivity index (χ3v) is 5.17. The van der Waals surface area contributed by atoms with Gasteiger partial charge in [0.2, 0.25) is 5.60 Å². The summed E-state index contributed by atoms with van der Waals surface area (Å²) in [4.78, 5) is 27.3. The van der Waals surface area contributed by atoms with Gasteiger partial charge in [-0.25, -0.2) is 9.59 Å². The molecule has 0 fully saturated rings. The Hall–Kier alpha value is -3.89. The number of carbonyl (C=O) groups excluding carboxylic acids is 2. The van der Waals surface area contributed by atoms with Crippen LogP contribution in [0, 0.1) is 11.3 Å². The van der Waals surface area contributed by atoms with Crippen LogP contribution in [-0.4, -0.2) is 31.1 Å². The molecule has 7 nitrogen and oxygen atoms in total. The van der Waals surface area contributed by atoms with Crippen molar-refractivity contribution in [2.45, 2.75) is 11.8 Å². The number of rotatable bonds is 3. The highest BCUT2D eigenvalue weighted by Crippen LogP contribution is 2.49. The van der Waals surface area contributed by atoms with Crippen molar-refractivity contribution in [1.29, 1.82) is 5.26 Å². The van der Waals surface area contributed by atoms with Crippen LogP contribution in [0.4, 0.5) is 0 Å². The second-order valence-corrected chi connectivity index (χ2v) is 6.69. The van der Waals surface area contributed by atoms with Crippen LogP contribution < -0.4 is 0 Å². The van der Waals surface area contributed by atoms with Crippen molar-refractivity contribution in [3.8, 4) is 6.07 Å². The van der Waals surface area contributed by atoms with E-state index in [1.54, 1.807) is 42.6 Å². The Morgan fingerprint density at radius 1 is 1.03 bits per heavy atom. The average Bonchev–Trinajstić information content (AvgIpc) is 2.82. The number of nitriles is 1. The lowest BCUT2D eigenvalue weighted by Crippen LogP contribution is -2.49. The molecule has 0 aromatic heterocycles. The Morgan fingerprint density at radius 3 is 2.37 bits per heavy atom. The number of carbonyl (C=O) groups is 2. The molecule has 2 atom stereocenters. The summed E-state index contributed by atoms with van der Waals surface area (Å²) in [5.74, 6) is -1.63. The Bertz CT molecular complexity index is 1120. The Balaban J connectivity index is 2.07. The first-order valence-electron chi connectivity index (χ1n) is 9.19. The van der Waals surface area contributed by atoms with E-state index >= 15 is 0 Å². The molecular formula is C23H18N2O5. The van der Waals surface area contributed by atoms with Crippen LogP contribution in [0.1, 0.15) is 22.9 Å². The molecule has 150 valence electrons. The highest BCUT2D eigenvalue weighted by Gasteiger charge is 2.54. The first-order chi connectivity index (χ1) is 14.6. The summed E-state index contributed by atoms with van der Waals surface area (Å²) in [6.07, 6.45) is 2.61. The van der Waals surface area contributed by atoms with Crippen molar-refractivity contribution in [1.82, 2.24) is 4.90 Å². The van der Waals surface area contributed by atoms with Crippen LogP contribution in [0.15, 0.2) is 72.1 Å². The Labute approximate surface area is 173 Å². The summed E-state index contributed by atoms with van der Waals surface area (Å²) in [5, 5.41) is 10.3. The third kappa shape index (κ3) is 2.78. The molecule has 0 spiro atoms. The molecule has 0 amide bonds. The quantitative estimate of drug-likeness (QED) is 0.729. The number of nitrogens with zero attached hydrogens (tertiary/aromatic N) is 2. The van der Waals surface area contributed by atoms with E-state index in [1.807, 2.05) is 24.3 Å². The summed E-state index contributed by atoms with van der Waals surface area (Å²) >= 11 is 0. The highest BCUT2D eigenvalue weighted by atomic mass is 16.6. The topological polar surface area (TPSA) is 88.9 Å². The second kappa shape index (κ2) is 7.50. The van der Waals surface area contributed by atoms with Gasteiger partial charge in [-0.2, -0.15) is 5.26 Å². The van der Waals surface area contributed by atoms with E-state index in [0.29, 0.717) is 5.56 Å². The van der Waals surface area contributed by atoms with Gasteiger partial charge in [0.1, 0.15) is 17.3 Å². The van der Waals surface area contributed by atoms with Crippen LogP contribution in [0.25, 0.3) is 6.08 Å². The zero-order valence-corrected chi connectivity index (χ0v) is 16.4. The van der Waals surface area contributed by atoms with E-state index in [4.69, 9.17) is 14.2 Å². The van der Waals surface area contributed by atoms with E-state index < -0.39 is 23.8 Å². The number of fused-ring (bicyclic) bond motifs is 3. The predicted molar refractivity (Wildman–Crippen MR) is 106 cm³/mol. The lowest BCUT2D eigenvalue weighted by Gasteiger charge is -2.45. The first kappa shape index (κ1) is 19.4. The molecule has 2 aliphatic rings. The van der Waals surface area contributed by atoms with Crippen LogP contribution in [-0.2, 0) is 29.4 Å². The van der Waals surface area contributed by atoms with Gasteiger partial charge in [-0.1, -0.05) is 54.6 Å². The van der Waals surface area contributed by atoms with Crippen LogP contribution in [0.5, 0.6) is 0 Å². The lowest BCUT2D eigenvalue weighted by molar-refractivity contribution is -0.159. The molecule has 0 bridgehead atoms. The number of methoxy groups -OCH3 is 2. The number of ether oxygens (including phenoxy) is 3. The maximum atomic E-state index is 12.9. The van der Waals surface area contributed by atoms with Gasteiger partial charge >= 0.3 is 11.9 Å². The molecule has 0 unspecified atom stereocenters. The van der Waals surface area contributed by atoms with Crippen molar-refractivity contribution in [3.63, 3.8) is 0 Å². The SMILES string of the molecule is COC(=O)C1=C(C(=O)OC)[C@](C#N)(c2ccccc2)O[C@@H]2c3ccccc3C=CN12. The van der Waals surface area contributed by atoms with Gasteiger partial charge in [0, 0.05) is 17.3 Å². The minimum Gasteiger partial charge on any atom is -0.465 e. The smallest absolute Gasteiger partial charge is 0.355 e. The molecule has 7 heteroatoms. The second-order valence-electron chi connectivity index (χ2n) is 6.69. The van der Waals surface area contributed by atoms with Gasteiger partial charge in [0.25, 0.3) is 0 Å². The van der Waals surface area contributed by atoms with E-state index in [0.717, 1.165) is 11.1 Å². The van der Waals surface area contributed by atoms with Gasteiger partial charge < -0.3 is 19.1 Å². The fourth-order valence-corrected chi connectivity index (χ4v) is 3.79. The van der Waals surface area contributed by atoms with Crippen molar-refractivity contribution in [2.24, 2.45) is 0 Å². The van der Waals surface area contributed by atoms with Crippen molar-refractivity contribution >= 4 is 18.0 Å². The number of hydrogen-bond donors (Lipinski definition) is 0. The van der Waals surface area contributed by atoms with E-state index in [9.17, 15) is 14.9 Å². The molecular weight excluding hydrogens is 384 g/mol. The van der Waals surface area contributed by atoms with Gasteiger partial charge in [-0.15, -0.1) is 0 Å². The lowest BCUT2D eigenvalue weighted by atomic mass is 9.82. The molecule has 2 aromatic carbocycles. The van der Waals surface area contributed by atoms with Gasteiger partial charge in [0.05, 0.1) is 14.2 Å². The van der Waals surface area contributed by atoms with Crippen LogP contribution in [0.2, 0.25) is 0 Å². The molecule has 0 saturated carbocycles. The number of hydrogen-bond acceptors (Lipinski definition) is 7. The maximum Gasteiger partial charge on any atom is 0.355 e. The number of esters is 2. The molecule has 0 radical (unpaired) electrons. The van der Waals surface area contributed by atoms with Gasteiger partial charge in [-0.05, 0) is 11.6 Å². The largest absolute Gasteiger partial charge is 0.465 e. The summed E-state index contributed by atoms with van der Waals surface area (Å²) in [6, 6.07) is 18.2. The Kier molecular flexibility index (Phi) is 4.86. The fraction of sp³-hybridized carbons (Fsp3) is 0.174. The molecule has 0 aliphatic carbocycles. The molecule has 4 rings (SSSR count). The van der Waals surface area contributed by atoms with Gasteiger partial charge in [-0.3, -0.25) is 0 Å². The summed E-state index contributed by atoms with van der Waals surface area (Å²) < 4.78 is 16.3. The first-order valence-corrected chi connectivity index (χ1v) is 9.19. The zero-order valence-electron chi connectivity index (χ0n) is 16.4.